The maximum Gasteiger partial charge on any atom is 0.253 e. The minimum Gasteiger partial charge on any atom is -0.341 e. The van der Waals surface area contributed by atoms with Crippen LogP contribution in [0.25, 0.3) is 0 Å². The van der Waals surface area contributed by atoms with E-state index < -0.39 is 0 Å². The van der Waals surface area contributed by atoms with E-state index in [1.807, 2.05) is 20.0 Å². The zero-order valence-corrected chi connectivity index (χ0v) is 11.0. The van der Waals surface area contributed by atoms with Crippen molar-refractivity contribution in [2.75, 3.05) is 13.6 Å². The van der Waals surface area contributed by atoms with Crippen LogP contribution in [0.2, 0.25) is 5.15 Å². The molecule has 0 atom stereocenters. The molecule has 0 aliphatic heterocycles. The lowest BCUT2D eigenvalue weighted by Crippen LogP contribution is -2.28. The summed E-state index contributed by atoms with van der Waals surface area (Å²) in [6.45, 7) is 2.85. The first-order chi connectivity index (χ1) is 8.10. The molecule has 17 heavy (non-hydrogen) atoms. The van der Waals surface area contributed by atoms with Crippen LogP contribution in [0.4, 0.5) is 0 Å². The van der Waals surface area contributed by atoms with Gasteiger partial charge < -0.3 is 4.90 Å². The van der Waals surface area contributed by atoms with Crippen molar-refractivity contribution < 1.29 is 4.79 Å². The smallest absolute Gasteiger partial charge is 0.253 e. The molecular weight excluding hydrogens is 236 g/mol. The van der Waals surface area contributed by atoms with Gasteiger partial charge in [0.2, 0.25) is 0 Å². The van der Waals surface area contributed by atoms with Crippen LogP contribution in [0.5, 0.6) is 0 Å². The van der Waals surface area contributed by atoms with Gasteiger partial charge in [-0.25, -0.2) is 4.98 Å². The second kappa shape index (κ2) is 5.05. The highest BCUT2D eigenvalue weighted by Gasteiger charge is 2.25. The van der Waals surface area contributed by atoms with Crippen molar-refractivity contribution in [2.24, 2.45) is 5.92 Å². The second-order valence-corrected chi connectivity index (χ2v) is 5.04. The molecule has 1 aromatic rings. The fourth-order valence-electron chi connectivity index (χ4n) is 1.85. The van der Waals surface area contributed by atoms with Crippen LogP contribution in [0.1, 0.15) is 35.8 Å². The van der Waals surface area contributed by atoms with Gasteiger partial charge in [-0.1, -0.05) is 18.5 Å². The van der Waals surface area contributed by atoms with Crippen molar-refractivity contribution in [3.63, 3.8) is 0 Å². The molecule has 0 saturated heterocycles. The molecule has 1 heterocycles. The topological polar surface area (TPSA) is 33.2 Å². The minimum atomic E-state index is 0.0379. The Morgan fingerprint density at radius 2 is 2.24 bits per heavy atom. The Kier molecular flexibility index (Phi) is 3.67. The molecular formula is C13H17ClN2O. The number of carbonyl (C=O) groups is 1. The van der Waals surface area contributed by atoms with Crippen molar-refractivity contribution >= 4 is 17.5 Å². The number of carbonyl (C=O) groups excluding carboxylic acids is 1. The Balaban J connectivity index is 2.13. The van der Waals surface area contributed by atoms with Gasteiger partial charge in [0.25, 0.3) is 5.91 Å². The summed E-state index contributed by atoms with van der Waals surface area (Å²) in [6.07, 6.45) is 3.27. The molecule has 0 radical (unpaired) electrons. The van der Waals surface area contributed by atoms with Crippen molar-refractivity contribution in [1.82, 2.24) is 9.88 Å². The van der Waals surface area contributed by atoms with Gasteiger partial charge in [-0.3, -0.25) is 4.79 Å². The maximum atomic E-state index is 12.2. The number of rotatable bonds is 4. The van der Waals surface area contributed by atoms with Crippen LogP contribution >= 0.6 is 11.6 Å². The van der Waals surface area contributed by atoms with Crippen LogP contribution in [0.15, 0.2) is 12.1 Å². The lowest BCUT2D eigenvalue weighted by Gasteiger charge is -2.17. The molecule has 1 aliphatic carbocycles. The van der Waals surface area contributed by atoms with Gasteiger partial charge in [0.1, 0.15) is 5.15 Å². The van der Waals surface area contributed by atoms with Crippen LogP contribution in [-0.4, -0.2) is 29.4 Å². The normalized spacial score (nSPS) is 14.8. The summed E-state index contributed by atoms with van der Waals surface area (Å²) in [5.41, 5.74) is 1.51. The molecule has 1 aromatic heterocycles. The molecule has 1 aliphatic rings. The highest BCUT2D eigenvalue weighted by atomic mass is 35.5. The van der Waals surface area contributed by atoms with Crippen molar-refractivity contribution in [3.05, 3.63) is 28.5 Å². The molecule has 0 unspecified atom stereocenters. The van der Waals surface area contributed by atoms with Gasteiger partial charge in [0, 0.05) is 24.8 Å². The van der Waals surface area contributed by atoms with Gasteiger partial charge in [-0.05, 0) is 37.3 Å². The van der Waals surface area contributed by atoms with Crippen molar-refractivity contribution in [1.29, 1.82) is 0 Å². The number of halogens is 1. The van der Waals surface area contributed by atoms with E-state index in [1.54, 1.807) is 11.0 Å². The lowest BCUT2D eigenvalue weighted by molar-refractivity contribution is 0.0788. The molecule has 4 heteroatoms. The van der Waals surface area contributed by atoms with Crippen LogP contribution < -0.4 is 0 Å². The van der Waals surface area contributed by atoms with E-state index in [0.717, 1.165) is 18.7 Å². The number of hydrogen-bond acceptors (Lipinski definition) is 2. The molecule has 3 nitrogen and oxygen atoms in total. The van der Waals surface area contributed by atoms with Gasteiger partial charge in [-0.15, -0.1) is 0 Å². The Hall–Kier alpha value is -1.09. The molecule has 0 N–H and O–H groups in total. The molecule has 0 bridgehead atoms. The number of aryl methyl sites for hydroxylation is 1. The first-order valence-corrected chi connectivity index (χ1v) is 6.40. The average Bonchev–Trinajstić information content (AvgIpc) is 3.10. The molecule has 1 fully saturated rings. The number of amides is 1. The number of aromatic nitrogens is 1. The Morgan fingerprint density at radius 3 is 2.82 bits per heavy atom. The summed E-state index contributed by atoms with van der Waals surface area (Å²) in [5, 5.41) is 0.396. The summed E-state index contributed by atoms with van der Waals surface area (Å²) in [5.74, 6) is 0.739. The highest BCUT2D eigenvalue weighted by Crippen LogP contribution is 2.29. The summed E-state index contributed by atoms with van der Waals surface area (Å²) in [7, 11) is 1.85. The summed E-state index contributed by atoms with van der Waals surface area (Å²) < 4.78 is 0. The van der Waals surface area contributed by atoms with E-state index in [2.05, 4.69) is 4.98 Å². The quantitative estimate of drug-likeness (QED) is 0.772. The Labute approximate surface area is 107 Å². The lowest BCUT2D eigenvalue weighted by atomic mass is 10.2. The van der Waals surface area contributed by atoms with Gasteiger partial charge in [0.05, 0.1) is 0 Å². The second-order valence-electron chi connectivity index (χ2n) is 4.65. The summed E-state index contributed by atoms with van der Waals surface area (Å²) in [6, 6.07) is 3.48. The van der Waals surface area contributed by atoms with Gasteiger partial charge >= 0.3 is 0 Å². The zero-order valence-electron chi connectivity index (χ0n) is 10.2. The third kappa shape index (κ3) is 3.19. The Morgan fingerprint density at radius 1 is 1.53 bits per heavy atom. The van der Waals surface area contributed by atoms with Crippen LogP contribution in [0, 0.1) is 5.92 Å². The van der Waals surface area contributed by atoms with E-state index in [4.69, 9.17) is 11.6 Å². The first-order valence-electron chi connectivity index (χ1n) is 6.02. The fourth-order valence-corrected chi connectivity index (χ4v) is 2.07. The predicted octanol–water partition coefficient (Wildman–Crippen LogP) is 2.78. The first kappa shape index (κ1) is 12.4. The van der Waals surface area contributed by atoms with Crippen molar-refractivity contribution in [2.45, 2.75) is 26.2 Å². The molecule has 92 valence electrons. The number of hydrogen-bond donors (Lipinski definition) is 0. The van der Waals surface area contributed by atoms with E-state index in [1.165, 1.54) is 12.8 Å². The molecule has 0 aromatic carbocycles. The largest absolute Gasteiger partial charge is 0.341 e. The van der Waals surface area contributed by atoms with E-state index in [0.29, 0.717) is 16.6 Å². The fraction of sp³-hybridized carbons (Fsp3) is 0.538. The third-order valence-electron chi connectivity index (χ3n) is 3.03. The predicted molar refractivity (Wildman–Crippen MR) is 68.3 cm³/mol. The maximum absolute atomic E-state index is 12.2. The average molecular weight is 253 g/mol. The summed E-state index contributed by atoms with van der Waals surface area (Å²) >= 11 is 5.91. The highest BCUT2D eigenvalue weighted by molar-refractivity contribution is 6.29. The molecule has 1 saturated carbocycles. The van der Waals surface area contributed by atoms with E-state index in [-0.39, 0.29) is 5.91 Å². The molecule has 0 spiro atoms. The number of nitrogens with zero attached hydrogens (tertiary/aromatic N) is 2. The zero-order chi connectivity index (χ0) is 12.4. The minimum absolute atomic E-state index is 0.0379. The number of pyridine rings is 1. The van der Waals surface area contributed by atoms with E-state index >= 15 is 0 Å². The third-order valence-corrected chi connectivity index (χ3v) is 3.23. The van der Waals surface area contributed by atoms with Crippen molar-refractivity contribution in [3.8, 4) is 0 Å². The van der Waals surface area contributed by atoms with Gasteiger partial charge in [-0.2, -0.15) is 0 Å². The monoisotopic (exact) mass is 252 g/mol. The Bertz CT molecular complexity index is 429. The van der Waals surface area contributed by atoms with Gasteiger partial charge in [0.15, 0.2) is 0 Å². The summed E-state index contributed by atoms with van der Waals surface area (Å²) in [4.78, 5) is 18.1. The van der Waals surface area contributed by atoms with E-state index in [9.17, 15) is 4.79 Å². The molecule has 1 amide bonds. The molecule has 2 rings (SSSR count). The van der Waals surface area contributed by atoms with Crippen LogP contribution in [0.3, 0.4) is 0 Å². The standard InChI is InChI=1S/C13H17ClN2O/c1-3-11-6-10(7-12(14)15-11)13(17)16(2)8-9-4-5-9/h6-7,9H,3-5,8H2,1-2H3. The van der Waals surface area contributed by atoms with Crippen LogP contribution in [-0.2, 0) is 6.42 Å². The SMILES string of the molecule is CCc1cc(C(=O)N(C)CC2CC2)cc(Cl)n1.